The Morgan fingerprint density at radius 3 is 2.40 bits per heavy atom. The molecule has 0 saturated heterocycles. The van der Waals surface area contributed by atoms with Crippen LogP contribution in [0.3, 0.4) is 0 Å². The number of aryl methyl sites for hydroxylation is 2. The van der Waals surface area contributed by atoms with Gasteiger partial charge in [-0.1, -0.05) is 78.0 Å². The normalized spacial score (nSPS) is 10.9. The van der Waals surface area contributed by atoms with Crippen molar-refractivity contribution in [3.63, 3.8) is 0 Å². The lowest BCUT2D eigenvalue weighted by Gasteiger charge is -2.13. The van der Waals surface area contributed by atoms with Crippen LogP contribution in [-0.4, -0.2) is 13.1 Å². The van der Waals surface area contributed by atoms with Crippen molar-refractivity contribution in [2.75, 3.05) is 7.11 Å². The summed E-state index contributed by atoms with van der Waals surface area (Å²) >= 11 is 1.77. The second kappa shape index (κ2) is 9.19. The molecule has 0 saturated carbocycles. The van der Waals surface area contributed by atoms with Crippen molar-refractivity contribution in [2.45, 2.75) is 29.6 Å². The average Bonchev–Trinajstić information content (AvgIpc) is 2.79. The summed E-state index contributed by atoms with van der Waals surface area (Å²) in [6, 6.07) is 30.1. The lowest BCUT2D eigenvalue weighted by atomic mass is 9.98. The molecule has 0 bridgehead atoms. The van der Waals surface area contributed by atoms with Gasteiger partial charge in [0.1, 0.15) is 0 Å². The molecule has 0 atom stereocenters. The van der Waals surface area contributed by atoms with Crippen LogP contribution in [0.2, 0.25) is 0 Å². The predicted octanol–water partition coefficient (Wildman–Crippen LogP) is 7.07. The van der Waals surface area contributed by atoms with Crippen LogP contribution >= 0.6 is 11.8 Å². The van der Waals surface area contributed by atoms with E-state index in [4.69, 9.17) is 4.74 Å². The number of ether oxygens (including phenoxy) is 1. The molecule has 3 heteroatoms. The number of carbonyl (C=O) groups excluding carboxylic acids is 1. The number of rotatable bonds is 6. The second-order valence-electron chi connectivity index (χ2n) is 7.38. The van der Waals surface area contributed by atoms with Gasteiger partial charge < -0.3 is 4.74 Å². The first-order chi connectivity index (χ1) is 14.6. The number of methoxy groups -OCH3 is 1. The van der Waals surface area contributed by atoms with Crippen LogP contribution in [0.4, 0.5) is 0 Å². The number of esters is 1. The Hall–Kier alpha value is -3.04. The first-order valence-corrected chi connectivity index (χ1v) is 10.9. The minimum atomic E-state index is -0.180. The molecule has 0 heterocycles. The Labute approximate surface area is 181 Å². The van der Waals surface area contributed by atoms with Crippen LogP contribution in [-0.2, 0) is 16.0 Å². The topological polar surface area (TPSA) is 26.3 Å². The van der Waals surface area contributed by atoms with E-state index in [-0.39, 0.29) is 5.97 Å². The highest BCUT2D eigenvalue weighted by Crippen LogP contribution is 2.38. The summed E-state index contributed by atoms with van der Waals surface area (Å²) < 4.78 is 4.80. The number of carbonyl (C=O) groups is 1. The van der Waals surface area contributed by atoms with Gasteiger partial charge in [-0.2, -0.15) is 0 Å². The van der Waals surface area contributed by atoms with Crippen molar-refractivity contribution in [1.82, 2.24) is 0 Å². The smallest absolute Gasteiger partial charge is 0.305 e. The van der Waals surface area contributed by atoms with E-state index in [2.05, 4.69) is 91.9 Å². The Kier molecular flexibility index (Phi) is 6.20. The molecule has 0 spiro atoms. The van der Waals surface area contributed by atoms with E-state index in [0.29, 0.717) is 12.8 Å². The summed E-state index contributed by atoms with van der Waals surface area (Å²) in [6.07, 6.45) is 1.06. The molecule has 0 aliphatic heterocycles. The van der Waals surface area contributed by atoms with Gasteiger partial charge in [0, 0.05) is 16.2 Å². The van der Waals surface area contributed by atoms with E-state index in [0.717, 1.165) is 5.56 Å². The van der Waals surface area contributed by atoms with Gasteiger partial charge in [0.25, 0.3) is 0 Å². The van der Waals surface area contributed by atoms with E-state index in [1.54, 1.807) is 11.8 Å². The third kappa shape index (κ3) is 4.74. The Morgan fingerprint density at radius 1 is 0.867 bits per heavy atom. The SMILES string of the molecule is COC(=O)CCc1ccc(Sc2ccc(C)cc2)c(-c2ccc3ccccc3c2)c1. The standard InChI is InChI=1S/C27H24O2S/c1-19-7-13-24(14-8-19)30-26-15-9-20(10-16-27(28)29-2)17-25(26)23-12-11-21-5-3-4-6-22(21)18-23/h3-9,11-15,17-18H,10,16H2,1-2H3. The Bertz CT molecular complexity index is 1180. The summed E-state index contributed by atoms with van der Waals surface area (Å²) in [4.78, 5) is 14.0. The van der Waals surface area contributed by atoms with Crippen molar-refractivity contribution in [3.8, 4) is 11.1 Å². The summed E-state index contributed by atoms with van der Waals surface area (Å²) in [7, 11) is 1.43. The van der Waals surface area contributed by atoms with Gasteiger partial charge in [-0.25, -0.2) is 0 Å². The maximum Gasteiger partial charge on any atom is 0.305 e. The second-order valence-corrected chi connectivity index (χ2v) is 8.50. The van der Waals surface area contributed by atoms with Gasteiger partial charge in [-0.05, 0) is 65.1 Å². The van der Waals surface area contributed by atoms with Crippen LogP contribution in [0.1, 0.15) is 17.5 Å². The zero-order valence-electron chi connectivity index (χ0n) is 17.2. The maximum absolute atomic E-state index is 11.6. The van der Waals surface area contributed by atoms with Gasteiger partial charge in [0.15, 0.2) is 0 Å². The number of hydrogen-bond acceptors (Lipinski definition) is 3. The van der Waals surface area contributed by atoms with Crippen LogP contribution < -0.4 is 0 Å². The molecular weight excluding hydrogens is 388 g/mol. The molecular formula is C27H24O2S. The molecule has 0 unspecified atom stereocenters. The summed E-state index contributed by atoms with van der Waals surface area (Å²) in [5.74, 6) is -0.180. The largest absolute Gasteiger partial charge is 0.469 e. The average molecular weight is 413 g/mol. The molecule has 4 aromatic rings. The van der Waals surface area contributed by atoms with Gasteiger partial charge >= 0.3 is 5.97 Å². The predicted molar refractivity (Wildman–Crippen MR) is 125 cm³/mol. The summed E-state index contributed by atoms with van der Waals surface area (Å²) in [6.45, 7) is 2.10. The number of fused-ring (bicyclic) bond motifs is 1. The van der Waals surface area contributed by atoms with E-state index < -0.39 is 0 Å². The molecule has 0 N–H and O–H groups in total. The van der Waals surface area contributed by atoms with Gasteiger partial charge in [-0.15, -0.1) is 0 Å². The molecule has 0 aromatic heterocycles. The monoisotopic (exact) mass is 412 g/mol. The van der Waals surface area contributed by atoms with Crippen molar-refractivity contribution in [1.29, 1.82) is 0 Å². The van der Waals surface area contributed by atoms with E-state index in [1.807, 2.05) is 0 Å². The van der Waals surface area contributed by atoms with Crippen molar-refractivity contribution in [2.24, 2.45) is 0 Å². The van der Waals surface area contributed by atoms with Crippen molar-refractivity contribution in [3.05, 3.63) is 96.1 Å². The minimum Gasteiger partial charge on any atom is -0.469 e. The van der Waals surface area contributed by atoms with E-state index in [9.17, 15) is 4.79 Å². The Morgan fingerprint density at radius 2 is 1.63 bits per heavy atom. The molecule has 0 aliphatic rings. The minimum absolute atomic E-state index is 0.180. The molecule has 30 heavy (non-hydrogen) atoms. The molecule has 0 aliphatic carbocycles. The zero-order chi connectivity index (χ0) is 20.9. The molecule has 150 valence electrons. The van der Waals surface area contributed by atoms with Crippen LogP contribution in [0.5, 0.6) is 0 Å². The van der Waals surface area contributed by atoms with E-state index in [1.165, 1.54) is 44.4 Å². The molecule has 0 amide bonds. The summed E-state index contributed by atoms with van der Waals surface area (Å²) in [5, 5.41) is 2.46. The van der Waals surface area contributed by atoms with Crippen LogP contribution in [0.25, 0.3) is 21.9 Å². The molecule has 4 rings (SSSR count). The molecule has 4 aromatic carbocycles. The van der Waals surface area contributed by atoms with Gasteiger partial charge in [0.05, 0.1) is 7.11 Å². The first-order valence-electron chi connectivity index (χ1n) is 10.1. The van der Waals surface area contributed by atoms with Gasteiger partial charge in [0.2, 0.25) is 0 Å². The third-order valence-corrected chi connectivity index (χ3v) is 6.28. The highest BCUT2D eigenvalue weighted by molar-refractivity contribution is 7.99. The Balaban J connectivity index is 1.74. The van der Waals surface area contributed by atoms with Crippen LogP contribution in [0, 0.1) is 6.92 Å². The fourth-order valence-electron chi connectivity index (χ4n) is 3.49. The molecule has 2 nitrogen and oxygen atoms in total. The molecule has 0 radical (unpaired) electrons. The third-order valence-electron chi connectivity index (χ3n) is 5.20. The lowest BCUT2D eigenvalue weighted by molar-refractivity contribution is -0.140. The highest BCUT2D eigenvalue weighted by Gasteiger charge is 2.11. The van der Waals surface area contributed by atoms with Crippen molar-refractivity contribution < 1.29 is 9.53 Å². The maximum atomic E-state index is 11.6. The number of hydrogen-bond donors (Lipinski definition) is 0. The first kappa shape index (κ1) is 20.2. The van der Waals surface area contributed by atoms with Crippen LogP contribution in [0.15, 0.2) is 94.7 Å². The van der Waals surface area contributed by atoms with Crippen molar-refractivity contribution >= 4 is 28.5 Å². The quantitative estimate of drug-likeness (QED) is 0.317. The van der Waals surface area contributed by atoms with E-state index >= 15 is 0 Å². The lowest BCUT2D eigenvalue weighted by Crippen LogP contribution is -2.02. The van der Waals surface area contributed by atoms with Gasteiger partial charge in [-0.3, -0.25) is 4.79 Å². The highest BCUT2D eigenvalue weighted by atomic mass is 32.2. The fraction of sp³-hybridized carbons (Fsp3) is 0.148. The summed E-state index contributed by atoms with van der Waals surface area (Å²) in [5.41, 5.74) is 4.76. The zero-order valence-corrected chi connectivity index (χ0v) is 18.0. The fourth-order valence-corrected chi connectivity index (χ4v) is 4.43. The molecule has 0 fully saturated rings. The number of benzene rings is 4.